The summed E-state index contributed by atoms with van der Waals surface area (Å²) in [5.41, 5.74) is -0.00223. The van der Waals surface area contributed by atoms with Gasteiger partial charge in [0.25, 0.3) is 17.7 Å². The third-order valence-corrected chi connectivity index (χ3v) is 4.28. The van der Waals surface area contributed by atoms with Crippen molar-refractivity contribution in [3.8, 4) is 0 Å². The van der Waals surface area contributed by atoms with Crippen LogP contribution in [0.3, 0.4) is 0 Å². The van der Waals surface area contributed by atoms with E-state index in [1.54, 1.807) is 0 Å². The third kappa shape index (κ3) is 11.3. The summed E-state index contributed by atoms with van der Waals surface area (Å²) in [6.07, 6.45) is 0.181. The number of aliphatic carboxylic acids is 3. The van der Waals surface area contributed by atoms with E-state index < -0.39 is 35.6 Å². The molecule has 0 aliphatic carbocycles. The molecule has 0 fully saturated rings. The highest BCUT2D eigenvalue weighted by Gasteiger charge is 2.16. The van der Waals surface area contributed by atoms with Crippen LogP contribution in [0.5, 0.6) is 0 Å². The van der Waals surface area contributed by atoms with E-state index in [9.17, 15) is 28.8 Å². The molecule has 12 nitrogen and oxygen atoms in total. The molecule has 1 rings (SSSR count). The van der Waals surface area contributed by atoms with Crippen molar-refractivity contribution in [2.75, 3.05) is 19.6 Å². The van der Waals surface area contributed by atoms with Crippen LogP contribution in [-0.2, 0) is 14.4 Å². The first-order chi connectivity index (χ1) is 15.6. The van der Waals surface area contributed by atoms with Crippen LogP contribution in [0.1, 0.15) is 69.6 Å². The lowest BCUT2D eigenvalue weighted by atomic mass is 10.0. The van der Waals surface area contributed by atoms with Gasteiger partial charge in [-0.3, -0.25) is 28.8 Å². The number of amides is 3. The fourth-order valence-corrected chi connectivity index (χ4v) is 2.65. The van der Waals surface area contributed by atoms with Crippen molar-refractivity contribution in [2.24, 2.45) is 0 Å². The number of carboxylic acid groups (broad SMARTS) is 3. The fraction of sp³-hybridized carbons (Fsp3) is 0.429. The molecule has 0 bridgehead atoms. The van der Waals surface area contributed by atoms with E-state index in [0.29, 0.717) is 0 Å². The lowest BCUT2D eigenvalue weighted by molar-refractivity contribution is -0.138. The minimum Gasteiger partial charge on any atom is -0.481 e. The summed E-state index contributed by atoms with van der Waals surface area (Å²) in [6.45, 7) is 0.231. The Labute approximate surface area is 189 Å². The summed E-state index contributed by atoms with van der Waals surface area (Å²) in [6, 6.07) is 3.79. The monoisotopic (exact) mass is 465 g/mol. The maximum atomic E-state index is 12.5. The topological polar surface area (TPSA) is 199 Å². The largest absolute Gasteiger partial charge is 0.481 e. The molecular weight excluding hydrogens is 438 g/mol. The molecule has 0 saturated carbocycles. The van der Waals surface area contributed by atoms with Gasteiger partial charge in [0.05, 0.1) is 0 Å². The number of nitrogens with one attached hydrogen (secondary N) is 3. The number of rotatable bonds is 15. The Kier molecular flexibility index (Phi) is 11.6. The molecule has 0 aromatic heterocycles. The predicted octanol–water partition coefficient (Wildman–Crippen LogP) is 0.470. The van der Waals surface area contributed by atoms with Gasteiger partial charge in [-0.05, 0) is 37.5 Å². The van der Waals surface area contributed by atoms with Crippen LogP contribution in [0.15, 0.2) is 18.2 Å². The molecular formula is C21H27N3O9. The van der Waals surface area contributed by atoms with Gasteiger partial charge in [-0.15, -0.1) is 0 Å². The summed E-state index contributed by atoms with van der Waals surface area (Å²) >= 11 is 0. The Balaban J connectivity index is 2.94. The van der Waals surface area contributed by atoms with Gasteiger partial charge in [-0.2, -0.15) is 0 Å². The van der Waals surface area contributed by atoms with Crippen LogP contribution in [0, 0.1) is 0 Å². The Morgan fingerprint density at radius 2 is 0.758 bits per heavy atom. The van der Waals surface area contributed by atoms with E-state index in [0.717, 1.165) is 0 Å². The Bertz CT molecular complexity index is 772. The van der Waals surface area contributed by atoms with Crippen LogP contribution in [0.2, 0.25) is 0 Å². The highest BCUT2D eigenvalue weighted by Crippen LogP contribution is 2.12. The zero-order valence-electron chi connectivity index (χ0n) is 17.9. The summed E-state index contributed by atoms with van der Waals surface area (Å²) in [5, 5.41) is 33.5. The quantitative estimate of drug-likeness (QED) is 0.199. The Morgan fingerprint density at radius 3 is 0.970 bits per heavy atom. The van der Waals surface area contributed by atoms with E-state index in [2.05, 4.69) is 16.0 Å². The molecule has 0 saturated heterocycles. The van der Waals surface area contributed by atoms with Crippen molar-refractivity contribution >= 4 is 35.6 Å². The SMILES string of the molecule is O=C(O)CCCNC(=O)c1cc(C(=O)NCCCC(=O)O)cc(C(=O)NCCCC(=O)O)c1. The van der Waals surface area contributed by atoms with Crippen LogP contribution in [0.4, 0.5) is 0 Å². The van der Waals surface area contributed by atoms with Gasteiger partial charge in [-0.1, -0.05) is 0 Å². The second kappa shape index (κ2) is 14.2. The Morgan fingerprint density at radius 1 is 0.515 bits per heavy atom. The number of hydrogen-bond acceptors (Lipinski definition) is 6. The van der Waals surface area contributed by atoms with E-state index in [1.807, 2.05) is 0 Å². The van der Waals surface area contributed by atoms with Crippen LogP contribution < -0.4 is 16.0 Å². The molecule has 0 aliphatic rings. The second-order valence-electron chi connectivity index (χ2n) is 7.06. The normalized spacial score (nSPS) is 10.2. The molecule has 1 aromatic carbocycles. The molecule has 0 spiro atoms. The molecule has 3 amide bonds. The average molecular weight is 465 g/mol. The highest BCUT2D eigenvalue weighted by atomic mass is 16.4. The third-order valence-electron chi connectivity index (χ3n) is 4.28. The van der Waals surface area contributed by atoms with Gasteiger partial charge in [0.2, 0.25) is 0 Å². The summed E-state index contributed by atoms with van der Waals surface area (Å²) in [5.74, 6) is -4.85. The van der Waals surface area contributed by atoms with Crippen molar-refractivity contribution in [1.29, 1.82) is 0 Å². The number of carbonyl (C=O) groups is 6. The standard InChI is InChI=1S/C21H27N3O9/c25-16(26)4-1-7-22-19(31)13-10-14(20(32)23-8-2-5-17(27)28)12-15(11-13)21(33)24-9-3-6-18(29)30/h10-12H,1-9H2,(H,22,31)(H,23,32)(H,24,33)(H,25,26)(H,27,28)(H,29,30). The zero-order chi connectivity index (χ0) is 24.8. The van der Waals surface area contributed by atoms with Gasteiger partial charge < -0.3 is 31.3 Å². The van der Waals surface area contributed by atoms with E-state index in [4.69, 9.17) is 15.3 Å². The van der Waals surface area contributed by atoms with Crippen molar-refractivity contribution in [3.05, 3.63) is 34.9 Å². The van der Waals surface area contributed by atoms with Gasteiger partial charge in [0.1, 0.15) is 0 Å². The van der Waals surface area contributed by atoms with E-state index in [-0.39, 0.29) is 74.8 Å². The second-order valence-corrected chi connectivity index (χ2v) is 7.06. The molecule has 180 valence electrons. The van der Waals surface area contributed by atoms with Crippen molar-refractivity contribution in [1.82, 2.24) is 16.0 Å². The van der Waals surface area contributed by atoms with Crippen molar-refractivity contribution in [2.45, 2.75) is 38.5 Å². The maximum Gasteiger partial charge on any atom is 0.303 e. The average Bonchev–Trinajstić information content (AvgIpc) is 2.76. The molecule has 0 heterocycles. The van der Waals surface area contributed by atoms with Gasteiger partial charge in [0.15, 0.2) is 0 Å². The summed E-state index contributed by atoms with van der Waals surface area (Å²) in [7, 11) is 0. The first-order valence-electron chi connectivity index (χ1n) is 10.2. The molecule has 0 aliphatic heterocycles. The molecule has 0 unspecified atom stereocenters. The number of benzene rings is 1. The van der Waals surface area contributed by atoms with Gasteiger partial charge in [0, 0.05) is 55.6 Å². The molecule has 6 N–H and O–H groups in total. The smallest absolute Gasteiger partial charge is 0.303 e. The van der Waals surface area contributed by atoms with E-state index in [1.165, 1.54) is 18.2 Å². The summed E-state index contributed by atoms with van der Waals surface area (Å²) < 4.78 is 0. The number of carboxylic acids is 3. The molecule has 0 atom stereocenters. The van der Waals surface area contributed by atoms with Crippen molar-refractivity contribution < 1.29 is 44.1 Å². The van der Waals surface area contributed by atoms with E-state index >= 15 is 0 Å². The first-order valence-corrected chi connectivity index (χ1v) is 10.2. The van der Waals surface area contributed by atoms with Crippen molar-refractivity contribution in [3.63, 3.8) is 0 Å². The summed E-state index contributed by atoms with van der Waals surface area (Å²) in [4.78, 5) is 69.1. The molecule has 12 heteroatoms. The lowest BCUT2D eigenvalue weighted by Gasteiger charge is -2.11. The lowest BCUT2D eigenvalue weighted by Crippen LogP contribution is -2.29. The van der Waals surface area contributed by atoms with Crippen LogP contribution in [0.25, 0.3) is 0 Å². The minimum absolute atomic E-state index is 0.000744. The number of hydrogen-bond donors (Lipinski definition) is 6. The zero-order valence-corrected chi connectivity index (χ0v) is 17.9. The predicted molar refractivity (Wildman–Crippen MR) is 114 cm³/mol. The minimum atomic E-state index is -1.01. The molecule has 0 radical (unpaired) electrons. The highest BCUT2D eigenvalue weighted by molar-refractivity contribution is 6.04. The first kappa shape index (κ1) is 27.1. The molecule has 33 heavy (non-hydrogen) atoms. The maximum absolute atomic E-state index is 12.5. The Hall–Kier alpha value is -3.96. The fourth-order valence-electron chi connectivity index (χ4n) is 2.65. The van der Waals surface area contributed by atoms with Gasteiger partial charge >= 0.3 is 17.9 Å². The molecule has 1 aromatic rings. The van der Waals surface area contributed by atoms with Crippen LogP contribution >= 0.6 is 0 Å². The number of carbonyl (C=O) groups excluding carboxylic acids is 3. The van der Waals surface area contributed by atoms with Crippen LogP contribution in [-0.4, -0.2) is 70.6 Å². The van der Waals surface area contributed by atoms with Gasteiger partial charge in [-0.25, -0.2) is 0 Å².